The Labute approximate surface area is 148 Å². The molecule has 0 spiro atoms. The van der Waals surface area contributed by atoms with Crippen LogP contribution in [0.25, 0.3) is 0 Å². The number of amides is 2. The van der Waals surface area contributed by atoms with E-state index in [4.69, 9.17) is 4.74 Å². The van der Waals surface area contributed by atoms with E-state index >= 15 is 0 Å². The molecule has 0 radical (unpaired) electrons. The average molecular weight is 342 g/mol. The van der Waals surface area contributed by atoms with Crippen LogP contribution < -0.4 is 15.0 Å². The molecular weight excluding hydrogens is 316 g/mol. The maximum atomic E-state index is 13.0. The van der Waals surface area contributed by atoms with Crippen LogP contribution in [0, 0.1) is 24.7 Å². The van der Waals surface area contributed by atoms with Gasteiger partial charge in [0.05, 0.1) is 17.8 Å². The SMILES string of the molecule is Cc1ccc2c(c1)OCCN2C(=O)N[C@H]1C2CC3CC1C[C@](O)(C3)C2. The average Bonchev–Trinajstić information content (AvgIpc) is 2.55. The van der Waals surface area contributed by atoms with Gasteiger partial charge in [-0.15, -0.1) is 0 Å². The number of nitrogens with zero attached hydrogens (tertiary/aromatic N) is 1. The molecular formula is C20H26N2O3. The number of hydrogen-bond donors (Lipinski definition) is 2. The highest BCUT2D eigenvalue weighted by Crippen LogP contribution is 2.55. The van der Waals surface area contributed by atoms with E-state index in [2.05, 4.69) is 5.32 Å². The molecule has 4 aliphatic carbocycles. The lowest BCUT2D eigenvalue weighted by Crippen LogP contribution is -2.63. The first-order chi connectivity index (χ1) is 12.0. The number of carbonyl (C=O) groups excluding carboxylic acids is 1. The van der Waals surface area contributed by atoms with Crippen molar-refractivity contribution < 1.29 is 14.6 Å². The number of aliphatic hydroxyl groups is 1. The Hall–Kier alpha value is -1.75. The fraction of sp³-hybridized carbons (Fsp3) is 0.650. The van der Waals surface area contributed by atoms with Gasteiger partial charge in [0, 0.05) is 6.04 Å². The van der Waals surface area contributed by atoms with Crippen molar-refractivity contribution in [3.05, 3.63) is 23.8 Å². The molecule has 6 rings (SSSR count). The van der Waals surface area contributed by atoms with Gasteiger partial charge in [0.25, 0.3) is 0 Å². The number of benzene rings is 1. The lowest BCUT2D eigenvalue weighted by atomic mass is 9.52. The highest BCUT2D eigenvalue weighted by molar-refractivity contribution is 5.94. The Morgan fingerprint density at radius 1 is 1.28 bits per heavy atom. The summed E-state index contributed by atoms with van der Waals surface area (Å²) >= 11 is 0. The molecule has 2 unspecified atom stereocenters. The Kier molecular flexibility index (Phi) is 3.33. The summed E-state index contributed by atoms with van der Waals surface area (Å²) < 4.78 is 5.73. The molecule has 2 N–H and O–H groups in total. The first kappa shape index (κ1) is 15.5. The summed E-state index contributed by atoms with van der Waals surface area (Å²) in [6, 6.07) is 6.18. The van der Waals surface area contributed by atoms with E-state index in [0.29, 0.717) is 30.9 Å². The minimum absolute atomic E-state index is 0.0159. The van der Waals surface area contributed by atoms with Crippen molar-refractivity contribution in [3.8, 4) is 5.75 Å². The summed E-state index contributed by atoms with van der Waals surface area (Å²) in [6.45, 7) is 3.14. The molecule has 5 aliphatic rings. The van der Waals surface area contributed by atoms with E-state index in [1.165, 1.54) is 0 Å². The number of carbonyl (C=O) groups is 1. The quantitative estimate of drug-likeness (QED) is 0.825. The maximum Gasteiger partial charge on any atom is 0.322 e. The zero-order chi connectivity index (χ0) is 17.2. The van der Waals surface area contributed by atoms with Gasteiger partial charge >= 0.3 is 6.03 Å². The Bertz CT molecular complexity index is 703. The molecule has 2 amide bonds. The summed E-state index contributed by atoms with van der Waals surface area (Å²) in [5, 5.41) is 14.0. The molecule has 1 heterocycles. The largest absolute Gasteiger partial charge is 0.490 e. The van der Waals surface area contributed by atoms with Gasteiger partial charge < -0.3 is 15.2 Å². The third kappa shape index (κ3) is 2.51. The highest BCUT2D eigenvalue weighted by atomic mass is 16.5. The van der Waals surface area contributed by atoms with Crippen molar-refractivity contribution in [2.24, 2.45) is 17.8 Å². The van der Waals surface area contributed by atoms with E-state index in [-0.39, 0.29) is 12.1 Å². The molecule has 4 bridgehead atoms. The van der Waals surface area contributed by atoms with Crippen LogP contribution in [0.4, 0.5) is 10.5 Å². The van der Waals surface area contributed by atoms with Gasteiger partial charge in [-0.3, -0.25) is 4.90 Å². The molecule has 1 aromatic carbocycles. The number of aryl methyl sites for hydroxylation is 1. The van der Waals surface area contributed by atoms with Crippen molar-refractivity contribution in [2.75, 3.05) is 18.1 Å². The van der Waals surface area contributed by atoms with Gasteiger partial charge in [0.15, 0.2) is 0 Å². The van der Waals surface area contributed by atoms with Crippen molar-refractivity contribution in [1.29, 1.82) is 0 Å². The summed E-state index contributed by atoms with van der Waals surface area (Å²) in [4.78, 5) is 14.8. The predicted molar refractivity (Wildman–Crippen MR) is 94.8 cm³/mol. The predicted octanol–water partition coefficient (Wildman–Crippen LogP) is 2.84. The number of anilines is 1. The van der Waals surface area contributed by atoms with Crippen LogP contribution >= 0.6 is 0 Å². The van der Waals surface area contributed by atoms with Crippen molar-refractivity contribution in [1.82, 2.24) is 5.32 Å². The molecule has 0 aromatic heterocycles. The summed E-state index contributed by atoms with van der Waals surface area (Å²) in [5.74, 6) is 2.31. The topological polar surface area (TPSA) is 61.8 Å². The number of hydrogen-bond acceptors (Lipinski definition) is 3. The zero-order valence-electron chi connectivity index (χ0n) is 14.7. The lowest BCUT2D eigenvalue weighted by molar-refractivity contribution is -0.136. The molecule has 1 aromatic rings. The first-order valence-electron chi connectivity index (χ1n) is 9.55. The van der Waals surface area contributed by atoms with Gasteiger partial charge in [-0.05, 0) is 74.5 Å². The standard InChI is InChI=1S/C20H26N2O3/c1-12-2-3-16-17(6-12)25-5-4-22(16)19(23)21-18-14-7-13-8-15(18)11-20(24,9-13)10-14/h2-3,6,13-15,18,24H,4-5,7-11H2,1H3,(H,21,23)/t13?,14?,15?,18-,20-. The van der Waals surface area contributed by atoms with Crippen LogP contribution in [0.2, 0.25) is 0 Å². The summed E-state index contributed by atoms with van der Waals surface area (Å²) in [6.07, 6.45) is 4.98. The van der Waals surface area contributed by atoms with E-state index in [0.717, 1.165) is 49.1 Å². The second-order valence-corrected chi connectivity index (χ2v) is 8.64. The van der Waals surface area contributed by atoms with Crippen molar-refractivity contribution >= 4 is 11.7 Å². The minimum Gasteiger partial charge on any atom is -0.490 e. The molecule has 134 valence electrons. The zero-order valence-corrected chi connectivity index (χ0v) is 14.7. The van der Waals surface area contributed by atoms with Crippen molar-refractivity contribution in [3.63, 3.8) is 0 Å². The van der Waals surface area contributed by atoms with E-state index in [9.17, 15) is 9.90 Å². The summed E-state index contributed by atoms with van der Waals surface area (Å²) in [7, 11) is 0. The van der Waals surface area contributed by atoms with Crippen LogP contribution in [-0.2, 0) is 0 Å². The van der Waals surface area contributed by atoms with Crippen LogP contribution in [0.3, 0.4) is 0 Å². The Morgan fingerprint density at radius 3 is 2.76 bits per heavy atom. The van der Waals surface area contributed by atoms with E-state index < -0.39 is 5.60 Å². The number of urea groups is 1. The lowest BCUT2D eigenvalue weighted by Gasteiger charge is -2.58. The van der Waals surface area contributed by atoms with Crippen LogP contribution in [0.15, 0.2) is 18.2 Å². The highest BCUT2D eigenvalue weighted by Gasteiger charge is 2.55. The molecule has 5 nitrogen and oxygen atoms in total. The third-order valence-electron chi connectivity index (χ3n) is 6.75. The van der Waals surface area contributed by atoms with Gasteiger partial charge in [0.2, 0.25) is 0 Å². The third-order valence-corrected chi connectivity index (χ3v) is 6.75. The number of nitrogens with one attached hydrogen (secondary N) is 1. The molecule has 5 heteroatoms. The molecule has 25 heavy (non-hydrogen) atoms. The second-order valence-electron chi connectivity index (χ2n) is 8.64. The molecule has 4 saturated carbocycles. The minimum atomic E-state index is -0.458. The maximum absolute atomic E-state index is 13.0. The fourth-order valence-corrected chi connectivity index (χ4v) is 5.98. The first-order valence-corrected chi connectivity index (χ1v) is 9.55. The Balaban J connectivity index is 1.35. The van der Waals surface area contributed by atoms with Crippen molar-refractivity contribution in [2.45, 2.75) is 50.7 Å². The summed E-state index contributed by atoms with van der Waals surface area (Å²) in [5.41, 5.74) is 1.54. The van der Waals surface area contributed by atoms with E-state index in [1.807, 2.05) is 30.0 Å². The van der Waals surface area contributed by atoms with Gasteiger partial charge in [-0.25, -0.2) is 4.79 Å². The van der Waals surface area contributed by atoms with Crippen LogP contribution in [0.1, 0.15) is 37.7 Å². The fourth-order valence-electron chi connectivity index (χ4n) is 5.98. The van der Waals surface area contributed by atoms with Gasteiger partial charge in [-0.2, -0.15) is 0 Å². The van der Waals surface area contributed by atoms with Crippen LogP contribution in [0.5, 0.6) is 5.75 Å². The number of fused-ring (bicyclic) bond motifs is 1. The number of rotatable bonds is 1. The Morgan fingerprint density at radius 2 is 2.04 bits per heavy atom. The molecule has 1 aliphatic heterocycles. The van der Waals surface area contributed by atoms with E-state index in [1.54, 1.807) is 0 Å². The normalized spacial score (nSPS) is 38.2. The second kappa shape index (κ2) is 5.37. The van der Waals surface area contributed by atoms with Crippen LogP contribution in [-0.4, -0.2) is 35.9 Å². The molecule has 0 saturated heterocycles. The monoisotopic (exact) mass is 342 g/mol. The molecule has 4 fully saturated rings. The smallest absolute Gasteiger partial charge is 0.322 e. The number of ether oxygens (including phenoxy) is 1. The van der Waals surface area contributed by atoms with Gasteiger partial charge in [-0.1, -0.05) is 6.07 Å². The van der Waals surface area contributed by atoms with Gasteiger partial charge in [0.1, 0.15) is 12.4 Å². The molecule has 2 atom stereocenters.